The second-order valence-electron chi connectivity index (χ2n) is 6.50. The van der Waals surface area contributed by atoms with E-state index in [4.69, 9.17) is 5.73 Å². The highest BCUT2D eigenvalue weighted by molar-refractivity contribution is 5.85. The van der Waals surface area contributed by atoms with Crippen LogP contribution in [-0.4, -0.2) is 11.9 Å². The van der Waals surface area contributed by atoms with Gasteiger partial charge in [-0.25, -0.2) is 0 Å². The molecule has 0 aliphatic heterocycles. The summed E-state index contributed by atoms with van der Waals surface area (Å²) in [5.41, 5.74) is 8.35. The maximum absolute atomic E-state index is 12.4. The maximum Gasteiger partial charge on any atom is 0.224 e. The number of aryl methyl sites for hydroxylation is 1. The van der Waals surface area contributed by atoms with Gasteiger partial charge in [-0.1, -0.05) is 67.6 Å². The highest BCUT2D eigenvalue weighted by Crippen LogP contribution is 2.20. The summed E-state index contributed by atoms with van der Waals surface area (Å²) in [7, 11) is 0. The Kier molecular flexibility index (Phi) is 9.25. The van der Waals surface area contributed by atoms with E-state index in [1.807, 2.05) is 38.1 Å². The zero-order chi connectivity index (χ0) is 17.4. The molecule has 1 amide bonds. The number of rotatable bonds is 8. The van der Waals surface area contributed by atoms with Gasteiger partial charge in [0.25, 0.3) is 0 Å². The van der Waals surface area contributed by atoms with Crippen molar-refractivity contribution < 1.29 is 4.79 Å². The number of hydrogen-bond acceptors (Lipinski definition) is 2. The van der Waals surface area contributed by atoms with E-state index in [1.54, 1.807) is 0 Å². The molecule has 0 heterocycles. The van der Waals surface area contributed by atoms with Crippen molar-refractivity contribution in [3.05, 3.63) is 71.8 Å². The third kappa shape index (κ3) is 6.89. The van der Waals surface area contributed by atoms with E-state index < -0.39 is 0 Å². The molecule has 0 bridgehead atoms. The average molecular weight is 361 g/mol. The SMILES string of the molecule is CC(N)C(C)C(=O)NC(CCCc1ccccc1)c1ccccc1.Cl. The zero-order valence-electron chi connectivity index (χ0n) is 15.0. The largest absolute Gasteiger partial charge is 0.349 e. The van der Waals surface area contributed by atoms with Gasteiger partial charge in [-0.05, 0) is 37.3 Å². The lowest BCUT2D eigenvalue weighted by atomic mass is 9.97. The standard InChI is InChI=1S/C21H28N2O.ClH/c1-16(17(2)22)21(24)23-20(19-13-7-4-8-14-19)15-9-12-18-10-5-3-6-11-18;/h3-8,10-11,13-14,16-17,20H,9,12,15,22H2,1-2H3,(H,23,24);1H. The summed E-state index contributed by atoms with van der Waals surface area (Å²) < 4.78 is 0. The van der Waals surface area contributed by atoms with Crippen LogP contribution >= 0.6 is 12.4 Å². The highest BCUT2D eigenvalue weighted by atomic mass is 35.5. The Morgan fingerprint density at radius 2 is 1.56 bits per heavy atom. The van der Waals surface area contributed by atoms with Crippen LogP contribution < -0.4 is 11.1 Å². The lowest BCUT2D eigenvalue weighted by molar-refractivity contribution is -0.125. The lowest BCUT2D eigenvalue weighted by Crippen LogP contribution is -2.40. The first-order valence-corrected chi connectivity index (χ1v) is 8.72. The van der Waals surface area contributed by atoms with Crippen molar-refractivity contribution >= 4 is 18.3 Å². The molecule has 25 heavy (non-hydrogen) atoms. The van der Waals surface area contributed by atoms with Crippen LogP contribution in [0.1, 0.15) is 43.9 Å². The number of amides is 1. The predicted molar refractivity (Wildman–Crippen MR) is 107 cm³/mol. The molecule has 0 aromatic heterocycles. The molecule has 0 fully saturated rings. The van der Waals surface area contributed by atoms with Crippen molar-refractivity contribution in [3.63, 3.8) is 0 Å². The van der Waals surface area contributed by atoms with E-state index in [2.05, 4.69) is 41.7 Å². The molecule has 3 unspecified atom stereocenters. The van der Waals surface area contributed by atoms with E-state index in [1.165, 1.54) is 5.56 Å². The Labute approximate surface area is 157 Å². The molecule has 4 heteroatoms. The fourth-order valence-electron chi connectivity index (χ4n) is 2.70. The van der Waals surface area contributed by atoms with Crippen LogP contribution in [0.4, 0.5) is 0 Å². The van der Waals surface area contributed by atoms with Crippen LogP contribution in [0.25, 0.3) is 0 Å². The number of benzene rings is 2. The monoisotopic (exact) mass is 360 g/mol. The molecule has 3 N–H and O–H groups in total. The molecule has 136 valence electrons. The van der Waals surface area contributed by atoms with Crippen LogP contribution in [0, 0.1) is 5.92 Å². The van der Waals surface area contributed by atoms with Crippen molar-refractivity contribution in [2.75, 3.05) is 0 Å². The van der Waals surface area contributed by atoms with Crippen LogP contribution in [0.15, 0.2) is 60.7 Å². The Balaban J connectivity index is 0.00000312. The molecular formula is C21H29ClN2O. The predicted octanol–water partition coefficient (Wildman–Crippen LogP) is 4.27. The van der Waals surface area contributed by atoms with E-state index >= 15 is 0 Å². The topological polar surface area (TPSA) is 55.1 Å². The smallest absolute Gasteiger partial charge is 0.224 e. The van der Waals surface area contributed by atoms with Gasteiger partial charge in [0.15, 0.2) is 0 Å². The summed E-state index contributed by atoms with van der Waals surface area (Å²) in [6, 6.07) is 20.5. The molecule has 0 saturated heterocycles. The van der Waals surface area contributed by atoms with Gasteiger partial charge in [0.2, 0.25) is 5.91 Å². The van der Waals surface area contributed by atoms with Gasteiger partial charge >= 0.3 is 0 Å². The summed E-state index contributed by atoms with van der Waals surface area (Å²) >= 11 is 0. The van der Waals surface area contributed by atoms with E-state index in [0.717, 1.165) is 24.8 Å². The first-order valence-electron chi connectivity index (χ1n) is 8.72. The fraction of sp³-hybridized carbons (Fsp3) is 0.381. The van der Waals surface area contributed by atoms with Gasteiger partial charge in [-0.15, -0.1) is 12.4 Å². The second-order valence-corrected chi connectivity index (χ2v) is 6.50. The molecule has 0 aliphatic rings. The number of nitrogens with two attached hydrogens (primary N) is 1. The summed E-state index contributed by atoms with van der Waals surface area (Å²) in [4.78, 5) is 12.4. The Bertz CT molecular complexity index is 616. The quantitative estimate of drug-likeness (QED) is 0.738. The summed E-state index contributed by atoms with van der Waals surface area (Å²) in [5, 5.41) is 3.18. The number of carbonyl (C=O) groups excluding carboxylic acids is 1. The molecular weight excluding hydrogens is 332 g/mol. The first kappa shape index (κ1) is 21.2. The highest BCUT2D eigenvalue weighted by Gasteiger charge is 2.21. The lowest BCUT2D eigenvalue weighted by Gasteiger charge is -2.23. The number of hydrogen-bond donors (Lipinski definition) is 2. The normalized spacial score (nSPS) is 14.0. The van der Waals surface area contributed by atoms with Crippen LogP contribution in [0.5, 0.6) is 0 Å². The van der Waals surface area contributed by atoms with Crippen LogP contribution in [-0.2, 0) is 11.2 Å². The Morgan fingerprint density at radius 3 is 2.12 bits per heavy atom. The van der Waals surface area contributed by atoms with Gasteiger partial charge in [-0.2, -0.15) is 0 Å². The maximum atomic E-state index is 12.4. The van der Waals surface area contributed by atoms with Gasteiger partial charge in [0, 0.05) is 12.0 Å². The molecule has 0 saturated carbocycles. The summed E-state index contributed by atoms with van der Waals surface area (Å²) in [6.45, 7) is 3.75. The van der Waals surface area contributed by atoms with Gasteiger partial charge in [-0.3, -0.25) is 4.79 Å². The minimum atomic E-state index is -0.190. The third-order valence-corrected chi connectivity index (χ3v) is 4.52. The third-order valence-electron chi connectivity index (χ3n) is 4.52. The number of nitrogens with one attached hydrogen (secondary N) is 1. The van der Waals surface area contributed by atoms with E-state index in [0.29, 0.717) is 0 Å². The zero-order valence-corrected chi connectivity index (χ0v) is 15.8. The molecule has 2 aromatic carbocycles. The van der Waals surface area contributed by atoms with Gasteiger partial charge in [0.1, 0.15) is 0 Å². The number of halogens is 1. The average Bonchev–Trinajstić information content (AvgIpc) is 2.61. The fourth-order valence-corrected chi connectivity index (χ4v) is 2.70. The molecule has 0 spiro atoms. The van der Waals surface area contributed by atoms with Crippen molar-refractivity contribution in [2.24, 2.45) is 11.7 Å². The number of carbonyl (C=O) groups is 1. The first-order chi connectivity index (χ1) is 11.6. The van der Waals surface area contributed by atoms with Crippen LogP contribution in [0.3, 0.4) is 0 Å². The van der Waals surface area contributed by atoms with Crippen molar-refractivity contribution in [1.82, 2.24) is 5.32 Å². The second kappa shape index (κ2) is 10.9. The van der Waals surface area contributed by atoms with Crippen molar-refractivity contribution in [2.45, 2.75) is 45.2 Å². The van der Waals surface area contributed by atoms with Crippen molar-refractivity contribution in [1.29, 1.82) is 0 Å². The summed E-state index contributed by atoms with van der Waals surface area (Å²) in [5.74, 6) is -0.163. The Hall–Kier alpha value is -1.84. The molecule has 2 rings (SSSR count). The molecule has 2 aromatic rings. The van der Waals surface area contributed by atoms with Crippen molar-refractivity contribution in [3.8, 4) is 0 Å². The molecule has 0 aliphatic carbocycles. The van der Waals surface area contributed by atoms with Gasteiger partial charge < -0.3 is 11.1 Å². The minimum absolute atomic E-state index is 0. The van der Waals surface area contributed by atoms with Crippen LogP contribution in [0.2, 0.25) is 0 Å². The van der Waals surface area contributed by atoms with Gasteiger partial charge in [0.05, 0.1) is 6.04 Å². The summed E-state index contributed by atoms with van der Waals surface area (Å²) in [6.07, 6.45) is 2.95. The van der Waals surface area contributed by atoms with E-state index in [-0.39, 0.29) is 36.3 Å². The Morgan fingerprint density at radius 1 is 1.00 bits per heavy atom. The minimum Gasteiger partial charge on any atom is -0.349 e. The molecule has 3 atom stereocenters. The molecule has 3 nitrogen and oxygen atoms in total. The van der Waals surface area contributed by atoms with E-state index in [9.17, 15) is 4.79 Å². The molecule has 0 radical (unpaired) electrons.